The van der Waals surface area contributed by atoms with Crippen LogP contribution in [0.15, 0.2) is 212 Å². The SMILES string of the molecule is c1ccc(-c2nc(-c3ccccc3)nc(-c3cc(-c4ccccc4-c4ccccc4)cnc3-c3ccc4sc5c(ccc6c5c5ccccc5n6-c5ccccc5)c4c3)n2)cc1. The second kappa shape index (κ2) is 14.9. The molecule has 0 saturated heterocycles. The smallest absolute Gasteiger partial charge is 0.166 e. The third-order valence-electron chi connectivity index (χ3n) is 11.7. The number of hydrogen-bond acceptors (Lipinski definition) is 5. The highest BCUT2D eigenvalue weighted by Gasteiger charge is 2.22. The van der Waals surface area contributed by atoms with Crippen LogP contribution in [0.4, 0.5) is 0 Å². The first-order valence-electron chi connectivity index (χ1n) is 20.7. The lowest BCUT2D eigenvalue weighted by molar-refractivity contribution is 1.07. The molecule has 0 amide bonds. The molecule has 0 fully saturated rings. The van der Waals surface area contributed by atoms with Crippen molar-refractivity contribution >= 4 is 53.3 Å². The van der Waals surface area contributed by atoms with Gasteiger partial charge < -0.3 is 4.57 Å². The standard InChI is InChI=1S/C56H35N5S/c1-5-17-36(18-6-1)42-25-13-14-26-43(42)40-34-47(56-59-54(37-19-7-2-8-20-37)58-55(60-56)38-21-9-3-10-22-38)52(57-35-40)39-29-32-50-46(33-39)44-30-31-49-51(53(44)62-50)45-27-15-16-28-48(45)61(49)41-23-11-4-12-24-41/h1-35H. The van der Waals surface area contributed by atoms with Crippen LogP contribution in [-0.2, 0) is 0 Å². The zero-order chi connectivity index (χ0) is 41.0. The van der Waals surface area contributed by atoms with Crippen molar-refractivity contribution in [2.24, 2.45) is 0 Å². The molecule has 8 aromatic carbocycles. The fourth-order valence-corrected chi connectivity index (χ4v) is 10.1. The summed E-state index contributed by atoms with van der Waals surface area (Å²) in [6, 6.07) is 72.2. The summed E-state index contributed by atoms with van der Waals surface area (Å²) in [5.74, 6) is 1.77. The quantitative estimate of drug-likeness (QED) is 0.161. The number of thiophene rings is 1. The molecule has 0 radical (unpaired) electrons. The van der Waals surface area contributed by atoms with Gasteiger partial charge in [0, 0.05) is 70.6 Å². The van der Waals surface area contributed by atoms with Gasteiger partial charge in [-0.3, -0.25) is 4.98 Å². The van der Waals surface area contributed by atoms with Crippen LogP contribution in [0.25, 0.3) is 115 Å². The molecule has 0 spiro atoms. The number of para-hydroxylation sites is 2. The molecular weight excluding hydrogens is 775 g/mol. The van der Waals surface area contributed by atoms with E-state index in [1.54, 1.807) is 0 Å². The lowest BCUT2D eigenvalue weighted by atomic mass is 9.93. The third kappa shape index (κ3) is 6.08. The van der Waals surface area contributed by atoms with E-state index in [2.05, 4.69) is 150 Å². The summed E-state index contributed by atoms with van der Waals surface area (Å²) in [7, 11) is 0. The maximum atomic E-state index is 5.34. The monoisotopic (exact) mass is 809 g/mol. The summed E-state index contributed by atoms with van der Waals surface area (Å²) in [6.07, 6.45) is 2.00. The van der Waals surface area contributed by atoms with Gasteiger partial charge in [-0.1, -0.05) is 164 Å². The van der Waals surface area contributed by atoms with Crippen molar-refractivity contribution in [2.75, 3.05) is 0 Å². The van der Waals surface area contributed by atoms with Crippen LogP contribution in [0.3, 0.4) is 0 Å². The van der Waals surface area contributed by atoms with Crippen LogP contribution < -0.4 is 0 Å². The summed E-state index contributed by atoms with van der Waals surface area (Å²) < 4.78 is 4.88. The summed E-state index contributed by atoms with van der Waals surface area (Å²) in [6.45, 7) is 0. The van der Waals surface area contributed by atoms with E-state index in [1.807, 2.05) is 78.2 Å². The third-order valence-corrected chi connectivity index (χ3v) is 12.9. The van der Waals surface area contributed by atoms with Crippen LogP contribution in [0.5, 0.6) is 0 Å². The van der Waals surface area contributed by atoms with Crippen molar-refractivity contribution in [3.05, 3.63) is 212 Å². The first-order valence-corrected chi connectivity index (χ1v) is 21.5. The number of nitrogens with zero attached hydrogens (tertiary/aromatic N) is 5. The average Bonchev–Trinajstić information content (AvgIpc) is 3.90. The predicted octanol–water partition coefficient (Wildman–Crippen LogP) is 14.7. The van der Waals surface area contributed by atoms with E-state index in [9.17, 15) is 0 Å². The molecule has 4 heterocycles. The molecule has 0 saturated carbocycles. The van der Waals surface area contributed by atoms with Crippen molar-refractivity contribution < 1.29 is 0 Å². The highest BCUT2D eigenvalue weighted by molar-refractivity contribution is 7.26. The maximum absolute atomic E-state index is 5.34. The van der Waals surface area contributed by atoms with E-state index in [0.29, 0.717) is 17.5 Å². The normalized spacial score (nSPS) is 11.5. The molecule has 0 unspecified atom stereocenters. The van der Waals surface area contributed by atoms with Crippen LogP contribution in [0.1, 0.15) is 0 Å². The molecule has 290 valence electrons. The van der Waals surface area contributed by atoms with E-state index in [1.165, 1.54) is 42.0 Å². The van der Waals surface area contributed by atoms with Gasteiger partial charge in [-0.2, -0.15) is 0 Å². The minimum absolute atomic E-state index is 0.560. The van der Waals surface area contributed by atoms with E-state index in [0.717, 1.165) is 55.9 Å². The topological polar surface area (TPSA) is 56.5 Å². The molecule has 5 nitrogen and oxygen atoms in total. The number of aromatic nitrogens is 5. The summed E-state index contributed by atoms with van der Waals surface area (Å²) >= 11 is 1.85. The van der Waals surface area contributed by atoms with E-state index >= 15 is 0 Å². The van der Waals surface area contributed by atoms with Gasteiger partial charge in [-0.25, -0.2) is 15.0 Å². The molecule has 0 atom stereocenters. The first kappa shape index (κ1) is 35.8. The Morgan fingerprint density at radius 3 is 1.65 bits per heavy atom. The summed E-state index contributed by atoms with van der Waals surface area (Å²) in [4.78, 5) is 20.8. The Balaban J connectivity index is 1.09. The van der Waals surface area contributed by atoms with Gasteiger partial charge in [0.05, 0.1) is 16.7 Å². The molecule has 12 aromatic rings. The highest BCUT2D eigenvalue weighted by Crippen LogP contribution is 2.45. The number of pyridine rings is 1. The Morgan fingerprint density at radius 1 is 0.371 bits per heavy atom. The molecule has 0 aliphatic carbocycles. The van der Waals surface area contributed by atoms with Crippen molar-refractivity contribution in [1.29, 1.82) is 0 Å². The van der Waals surface area contributed by atoms with Gasteiger partial charge in [0.15, 0.2) is 17.5 Å². The Kier molecular flexibility index (Phi) is 8.61. The van der Waals surface area contributed by atoms with Crippen molar-refractivity contribution in [1.82, 2.24) is 24.5 Å². The molecule has 12 rings (SSSR count). The van der Waals surface area contributed by atoms with E-state index in [-0.39, 0.29) is 0 Å². The van der Waals surface area contributed by atoms with Crippen molar-refractivity contribution in [3.63, 3.8) is 0 Å². The average molecular weight is 810 g/mol. The van der Waals surface area contributed by atoms with Gasteiger partial charge >= 0.3 is 0 Å². The highest BCUT2D eigenvalue weighted by atomic mass is 32.1. The number of hydrogen-bond donors (Lipinski definition) is 0. The first-order chi connectivity index (χ1) is 30.7. The van der Waals surface area contributed by atoms with Gasteiger partial charge in [0.25, 0.3) is 0 Å². The Labute approximate surface area is 361 Å². The predicted molar refractivity (Wildman–Crippen MR) is 257 cm³/mol. The van der Waals surface area contributed by atoms with Crippen LogP contribution in [-0.4, -0.2) is 24.5 Å². The molecule has 62 heavy (non-hydrogen) atoms. The molecule has 4 aromatic heterocycles. The number of benzene rings is 8. The zero-order valence-electron chi connectivity index (χ0n) is 33.4. The number of fused-ring (bicyclic) bond motifs is 7. The Hall–Kier alpha value is -8.06. The lowest BCUT2D eigenvalue weighted by Gasteiger charge is -2.15. The number of rotatable bonds is 7. The molecular formula is C56H35N5S. The maximum Gasteiger partial charge on any atom is 0.166 e. The fourth-order valence-electron chi connectivity index (χ4n) is 8.83. The van der Waals surface area contributed by atoms with E-state index in [4.69, 9.17) is 19.9 Å². The van der Waals surface area contributed by atoms with Crippen molar-refractivity contribution in [3.8, 4) is 73.4 Å². The second-order valence-corrected chi connectivity index (χ2v) is 16.5. The van der Waals surface area contributed by atoms with Gasteiger partial charge in [-0.05, 0) is 59.2 Å². The van der Waals surface area contributed by atoms with Gasteiger partial charge in [0.2, 0.25) is 0 Å². The Bertz CT molecular complexity index is 3560. The molecule has 0 bridgehead atoms. The molecule has 0 aliphatic rings. The zero-order valence-corrected chi connectivity index (χ0v) is 34.2. The van der Waals surface area contributed by atoms with Crippen molar-refractivity contribution in [2.45, 2.75) is 0 Å². The summed E-state index contributed by atoms with van der Waals surface area (Å²) in [5.41, 5.74) is 12.3. The van der Waals surface area contributed by atoms with Gasteiger partial charge in [-0.15, -0.1) is 11.3 Å². The van der Waals surface area contributed by atoms with E-state index < -0.39 is 0 Å². The minimum Gasteiger partial charge on any atom is -0.309 e. The van der Waals surface area contributed by atoms with Gasteiger partial charge in [0.1, 0.15) is 0 Å². The minimum atomic E-state index is 0.560. The summed E-state index contributed by atoms with van der Waals surface area (Å²) in [5, 5.41) is 4.94. The largest absolute Gasteiger partial charge is 0.309 e. The molecule has 0 aliphatic heterocycles. The fraction of sp³-hybridized carbons (Fsp3) is 0. The van der Waals surface area contributed by atoms with Crippen LogP contribution >= 0.6 is 11.3 Å². The van der Waals surface area contributed by atoms with Crippen LogP contribution in [0, 0.1) is 0 Å². The molecule has 0 N–H and O–H groups in total. The van der Waals surface area contributed by atoms with Crippen LogP contribution in [0.2, 0.25) is 0 Å². The second-order valence-electron chi connectivity index (χ2n) is 15.4. The Morgan fingerprint density at radius 2 is 0.952 bits per heavy atom. The molecule has 6 heteroatoms. The lowest BCUT2D eigenvalue weighted by Crippen LogP contribution is -2.02.